The summed E-state index contributed by atoms with van der Waals surface area (Å²) in [7, 11) is 0. The largest absolute Gasteiger partial charge is 0.480 e. The number of hydrogen-bond donors (Lipinski definition) is 2. The molecule has 1 atom stereocenters. The van der Waals surface area contributed by atoms with Crippen LogP contribution in [0, 0.1) is 0 Å². The van der Waals surface area contributed by atoms with Crippen molar-refractivity contribution in [3.8, 4) is 0 Å². The van der Waals surface area contributed by atoms with Crippen molar-refractivity contribution in [1.29, 1.82) is 0 Å². The van der Waals surface area contributed by atoms with Crippen LogP contribution >= 0.6 is 0 Å². The van der Waals surface area contributed by atoms with Crippen LogP contribution in [0.3, 0.4) is 0 Å². The first-order chi connectivity index (χ1) is 8.18. The molecule has 0 aliphatic heterocycles. The summed E-state index contributed by atoms with van der Waals surface area (Å²) in [6.07, 6.45) is 1.15. The fraction of sp³-hybridized carbons (Fsp3) is 0.214. The molecule has 0 fully saturated rings. The molecular formula is C14H15NO2. The minimum atomic E-state index is -0.940. The third-order valence-electron chi connectivity index (χ3n) is 2.92. The Morgan fingerprint density at radius 2 is 1.88 bits per heavy atom. The van der Waals surface area contributed by atoms with Gasteiger partial charge in [0.25, 0.3) is 0 Å². The molecule has 0 spiro atoms. The lowest BCUT2D eigenvalue weighted by Crippen LogP contribution is -2.30. The number of nitrogens with two attached hydrogens (primary N) is 1. The van der Waals surface area contributed by atoms with E-state index in [0.717, 1.165) is 5.56 Å². The maximum Gasteiger partial charge on any atom is 0.320 e. The number of aryl methyl sites for hydroxylation is 1. The van der Waals surface area contributed by atoms with Crippen LogP contribution in [0.5, 0.6) is 0 Å². The highest BCUT2D eigenvalue weighted by Gasteiger charge is 2.11. The summed E-state index contributed by atoms with van der Waals surface area (Å²) in [6, 6.07) is 13.4. The zero-order chi connectivity index (χ0) is 12.3. The molecule has 3 nitrogen and oxygen atoms in total. The molecule has 0 heterocycles. The van der Waals surface area contributed by atoms with Gasteiger partial charge in [0.1, 0.15) is 6.04 Å². The van der Waals surface area contributed by atoms with E-state index in [-0.39, 0.29) is 0 Å². The predicted molar refractivity (Wildman–Crippen MR) is 67.9 cm³/mol. The van der Waals surface area contributed by atoms with E-state index in [2.05, 4.69) is 18.2 Å². The van der Waals surface area contributed by atoms with Crippen molar-refractivity contribution in [3.05, 3.63) is 48.0 Å². The summed E-state index contributed by atoms with van der Waals surface area (Å²) in [6.45, 7) is 0. The van der Waals surface area contributed by atoms with Gasteiger partial charge < -0.3 is 10.8 Å². The normalized spacial score (nSPS) is 12.5. The molecule has 3 heteroatoms. The van der Waals surface area contributed by atoms with Gasteiger partial charge in [-0.05, 0) is 29.2 Å². The summed E-state index contributed by atoms with van der Waals surface area (Å²) in [5.74, 6) is -0.940. The van der Waals surface area contributed by atoms with Gasteiger partial charge in [-0.3, -0.25) is 4.79 Å². The van der Waals surface area contributed by atoms with Crippen LogP contribution in [-0.4, -0.2) is 17.1 Å². The number of fused-ring (bicyclic) bond motifs is 1. The fourth-order valence-corrected chi connectivity index (χ4v) is 1.94. The average Bonchev–Trinajstić information content (AvgIpc) is 2.35. The Morgan fingerprint density at radius 3 is 2.65 bits per heavy atom. The van der Waals surface area contributed by atoms with E-state index >= 15 is 0 Å². The first kappa shape index (κ1) is 11.6. The van der Waals surface area contributed by atoms with Gasteiger partial charge in [0.05, 0.1) is 0 Å². The van der Waals surface area contributed by atoms with Gasteiger partial charge in [-0.15, -0.1) is 0 Å². The van der Waals surface area contributed by atoms with Crippen LogP contribution in [0.25, 0.3) is 10.8 Å². The Kier molecular flexibility index (Phi) is 3.40. The van der Waals surface area contributed by atoms with Crippen molar-refractivity contribution in [2.45, 2.75) is 18.9 Å². The minimum Gasteiger partial charge on any atom is -0.480 e. The molecule has 88 valence electrons. The zero-order valence-electron chi connectivity index (χ0n) is 9.47. The van der Waals surface area contributed by atoms with Crippen LogP contribution in [0.2, 0.25) is 0 Å². The van der Waals surface area contributed by atoms with Gasteiger partial charge in [-0.1, -0.05) is 42.5 Å². The van der Waals surface area contributed by atoms with Crippen molar-refractivity contribution in [2.75, 3.05) is 0 Å². The summed E-state index contributed by atoms with van der Waals surface area (Å²) in [5, 5.41) is 11.1. The summed E-state index contributed by atoms with van der Waals surface area (Å²) in [4.78, 5) is 10.7. The van der Waals surface area contributed by atoms with Crippen molar-refractivity contribution < 1.29 is 9.90 Å². The van der Waals surface area contributed by atoms with Gasteiger partial charge >= 0.3 is 5.97 Å². The summed E-state index contributed by atoms with van der Waals surface area (Å²) < 4.78 is 0. The van der Waals surface area contributed by atoms with E-state index in [9.17, 15) is 4.79 Å². The number of aliphatic carboxylic acids is 1. The Balaban J connectivity index is 2.21. The molecule has 0 radical (unpaired) electrons. The minimum absolute atomic E-state index is 0.462. The highest BCUT2D eigenvalue weighted by molar-refractivity contribution is 5.85. The lowest BCUT2D eigenvalue weighted by Gasteiger charge is -2.08. The zero-order valence-corrected chi connectivity index (χ0v) is 9.47. The van der Waals surface area contributed by atoms with Crippen molar-refractivity contribution >= 4 is 16.7 Å². The van der Waals surface area contributed by atoms with Crippen molar-refractivity contribution in [3.63, 3.8) is 0 Å². The number of carboxylic acid groups (broad SMARTS) is 1. The highest BCUT2D eigenvalue weighted by atomic mass is 16.4. The number of carboxylic acids is 1. The summed E-state index contributed by atoms with van der Waals surface area (Å²) >= 11 is 0. The van der Waals surface area contributed by atoms with Crippen molar-refractivity contribution in [1.82, 2.24) is 0 Å². The predicted octanol–water partition coefficient (Wildman–Crippen LogP) is 2.18. The fourth-order valence-electron chi connectivity index (χ4n) is 1.94. The molecule has 2 aromatic rings. The van der Waals surface area contributed by atoms with E-state index in [1.54, 1.807) is 0 Å². The lowest BCUT2D eigenvalue weighted by molar-refractivity contribution is -0.138. The van der Waals surface area contributed by atoms with Crippen LogP contribution in [0.1, 0.15) is 12.0 Å². The topological polar surface area (TPSA) is 63.3 Å². The molecule has 0 aromatic heterocycles. The van der Waals surface area contributed by atoms with Crippen LogP contribution in [-0.2, 0) is 11.2 Å². The van der Waals surface area contributed by atoms with Crippen molar-refractivity contribution in [2.24, 2.45) is 5.73 Å². The second-order valence-corrected chi connectivity index (χ2v) is 4.12. The third-order valence-corrected chi connectivity index (χ3v) is 2.92. The summed E-state index contributed by atoms with van der Waals surface area (Å²) in [5.41, 5.74) is 6.66. The van der Waals surface area contributed by atoms with E-state index in [4.69, 9.17) is 10.8 Å². The second kappa shape index (κ2) is 4.97. The molecule has 0 saturated heterocycles. The first-order valence-corrected chi connectivity index (χ1v) is 5.63. The molecule has 3 N–H and O–H groups in total. The number of rotatable bonds is 4. The third kappa shape index (κ3) is 2.63. The molecular weight excluding hydrogens is 214 g/mol. The molecule has 0 saturated carbocycles. The van der Waals surface area contributed by atoms with E-state index in [1.165, 1.54) is 10.8 Å². The Morgan fingerprint density at radius 1 is 1.18 bits per heavy atom. The molecule has 0 aliphatic carbocycles. The molecule has 2 aromatic carbocycles. The monoisotopic (exact) mass is 229 g/mol. The van der Waals surface area contributed by atoms with Gasteiger partial charge in [0.15, 0.2) is 0 Å². The van der Waals surface area contributed by atoms with E-state index < -0.39 is 12.0 Å². The molecule has 0 unspecified atom stereocenters. The molecule has 17 heavy (non-hydrogen) atoms. The smallest absolute Gasteiger partial charge is 0.320 e. The van der Waals surface area contributed by atoms with Crippen LogP contribution in [0.15, 0.2) is 42.5 Å². The molecule has 0 amide bonds. The van der Waals surface area contributed by atoms with Crippen LogP contribution in [0.4, 0.5) is 0 Å². The standard InChI is InChI=1S/C14H15NO2/c15-13(14(16)17)9-8-11-6-3-5-10-4-1-2-7-12(10)11/h1-7,13H,8-9,15H2,(H,16,17)/t13-/m0/s1. The van der Waals surface area contributed by atoms with Gasteiger partial charge in [0, 0.05) is 0 Å². The lowest BCUT2D eigenvalue weighted by atomic mass is 9.99. The number of carbonyl (C=O) groups is 1. The Hall–Kier alpha value is -1.87. The molecule has 0 bridgehead atoms. The quantitative estimate of drug-likeness (QED) is 0.844. The highest BCUT2D eigenvalue weighted by Crippen LogP contribution is 2.19. The number of benzene rings is 2. The van der Waals surface area contributed by atoms with Gasteiger partial charge in [0.2, 0.25) is 0 Å². The molecule has 2 rings (SSSR count). The number of hydrogen-bond acceptors (Lipinski definition) is 2. The van der Waals surface area contributed by atoms with Crippen LogP contribution < -0.4 is 5.73 Å². The average molecular weight is 229 g/mol. The van der Waals surface area contributed by atoms with Gasteiger partial charge in [-0.25, -0.2) is 0 Å². The molecule has 0 aliphatic rings. The van der Waals surface area contributed by atoms with E-state index in [1.807, 2.05) is 24.3 Å². The first-order valence-electron chi connectivity index (χ1n) is 5.63. The Labute approximate surface area is 99.9 Å². The Bertz CT molecular complexity index is 531. The maximum absolute atomic E-state index is 10.7. The second-order valence-electron chi connectivity index (χ2n) is 4.12. The maximum atomic E-state index is 10.7. The van der Waals surface area contributed by atoms with E-state index in [0.29, 0.717) is 12.8 Å². The van der Waals surface area contributed by atoms with Gasteiger partial charge in [-0.2, -0.15) is 0 Å². The SMILES string of the molecule is N[C@@H](CCc1cccc2ccccc12)C(=O)O.